The van der Waals surface area contributed by atoms with Crippen LogP contribution in [0.2, 0.25) is 5.02 Å². The van der Waals surface area contributed by atoms with Crippen LogP contribution in [-0.4, -0.2) is 42.4 Å². The highest BCUT2D eigenvalue weighted by atomic mass is 35.5. The molecule has 2 rings (SSSR count). The number of nitro groups is 1. The fourth-order valence-corrected chi connectivity index (χ4v) is 2.89. The van der Waals surface area contributed by atoms with E-state index in [9.17, 15) is 19.7 Å². The number of non-ortho nitro benzene ring substituents is 1. The fourth-order valence-electron chi connectivity index (χ4n) is 2.63. The number of rotatable bonds is 8. The van der Waals surface area contributed by atoms with Gasteiger partial charge in [-0.25, -0.2) is 0 Å². The lowest BCUT2D eigenvalue weighted by molar-refractivity contribution is -0.384. The smallest absolute Gasteiger partial charge is 0.269 e. The van der Waals surface area contributed by atoms with Gasteiger partial charge < -0.3 is 20.1 Å². The quantitative estimate of drug-likeness (QED) is 0.516. The van der Waals surface area contributed by atoms with Crippen LogP contribution in [0.15, 0.2) is 36.4 Å². The molecule has 0 radical (unpaired) electrons. The Morgan fingerprint density at radius 3 is 2.59 bits per heavy atom. The summed E-state index contributed by atoms with van der Waals surface area (Å²) >= 11 is 6.19. The second-order valence-electron chi connectivity index (χ2n) is 6.19. The average Bonchev–Trinajstić information content (AvgIpc) is 2.70. The molecular formula is C19H20ClN3O6. The molecule has 0 saturated carbocycles. The zero-order chi connectivity index (χ0) is 21.7. The van der Waals surface area contributed by atoms with Crippen LogP contribution in [0.5, 0.6) is 11.5 Å². The van der Waals surface area contributed by atoms with E-state index in [2.05, 4.69) is 0 Å². The minimum absolute atomic E-state index is 0.0594. The van der Waals surface area contributed by atoms with Gasteiger partial charge in [-0.1, -0.05) is 23.7 Å². The van der Waals surface area contributed by atoms with Crippen molar-refractivity contribution in [2.45, 2.75) is 13.0 Å². The molecule has 0 unspecified atom stereocenters. The molecule has 10 heteroatoms. The first-order chi connectivity index (χ1) is 13.6. The van der Waals surface area contributed by atoms with Crippen molar-refractivity contribution in [3.8, 4) is 11.5 Å². The Morgan fingerprint density at radius 1 is 1.31 bits per heavy atom. The van der Waals surface area contributed by atoms with E-state index in [-0.39, 0.29) is 33.7 Å². The first-order valence-electron chi connectivity index (χ1n) is 8.45. The molecular weight excluding hydrogens is 402 g/mol. The lowest BCUT2D eigenvalue weighted by Gasteiger charge is -2.26. The third-order valence-electron chi connectivity index (χ3n) is 4.30. The number of ether oxygens (including phenoxy) is 2. The van der Waals surface area contributed by atoms with Crippen molar-refractivity contribution >= 4 is 29.1 Å². The van der Waals surface area contributed by atoms with Crippen LogP contribution in [0, 0.1) is 10.1 Å². The van der Waals surface area contributed by atoms with Crippen molar-refractivity contribution in [1.29, 1.82) is 0 Å². The lowest BCUT2D eigenvalue weighted by atomic mass is 10.1. The second kappa shape index (κ2) is 9.24. The van der Waals surface area contributed by atoms with Gasteiger partial charge in [0.2, 0.25) is 0 Å². The van der Waals surface area contributed by atoms with Crippen LogP contribution < -0.4 is 15.2 Å². The van der Waals surface area contributed by atoms with Crippen LogP contribution >= 0.6 is 11.6 Å². The molecule has 0 heterocycles. The molecule has 0 aliphatic heterocycles. The summed E-state index contributed by atoms with van der Waals surface area (Å²) in [5, 5.41) is 11.1. The monoisotopic (exact) mass is 421 g/mol. The van der Waals surface area contributed by atoms with Gasteiger partial charge >= 0.3 is 0 Å². The molecule has 0 saturated heterocycles. The maximum Gasteiger partial charge on any atom is 0.269 e. The molecule has 0 aromatic heterocycles. The van der Waals surface area contributed by atoms with Crippen LogP contribution in [-0.2, 0) is 4.79 Å². The van der Waals surface area contributed by atoms with Gasteiger partial charge in [-0.3, -0.25) is 19.7 Å². The standard InChI is InChI=1S/C19H20ClN3O6/c1-11(12-5-4-6-14(7-12)23(26)27)22(2)19(25)13-8-15(20)18(16(9-13)28-3)29-10-17(21)24/h4-9,11H,10H2,1-3H3,(H2,21,24)/t11-/m1/s1. The molecule has 0 fully saturated rings. The molecule has 9 nitrogen and oxygen atoms in total. The minimum atomic E-state index is -0.686. The molecule has 1 atom stereocenters. The van der Waals surface area contributed by atoms with Crippen molar-refractivity contribution in [1.82, 2.24) is 4.90 Å². The second-order valence-corrected chi connectivity index (χ2v) is 6.60. The Balaban J connectivity index is 2.30. The number of carbonyl (C=O) groups is 2. The van der Waals surface area contributed by atoms with Crippen LogP contribution in [0.25, 0.3) is 0 Å². The predicted molar refractivity (Wildman–Crippen MR) is 106 cm³/mol. The van der Waals surface area contributed by atoms with E-state index in [1.807, 2.05) is 0 Å². The maximum atomic E-state index is 12.9. The Morgan fingerprint density at radius 2 is 2.00 bits per heavy atom. The number of carbonyl (C=O) groups excluding carboxylic acids is 2. The van der Waals surface area contributed by atoms with Crippen molar-refractivity contribution in [2.24, 2.45) is 5.73 Å². The van der Waals surface area contributed by atoms with Gasteiger partial charge in [-0.05, 0) is 24.6 Å². The molecule has 2 aromatic carbocycles. The summed E-state index contributed by atoms with van der Waals surface area (Å²) in [6.07, 6.45) is 0. The summed E-state index contributed by atoms with van der Waals surface area (Å²) in [6, 6.07) is 8.44. The Labute approximate surface area is 172 Å². The van der Waals surface area contributed by atoms with Gasteiger partial charge in [-0.15, -0.1) is 0 Å². The van der Waals surface area contributed by atoms with E-state index in [1.54, 1.807) is 26.1 Å². The van der Waals surface area contributed by atoms with E-state index in [4.69, 9.17) is 26.8 Å². The number of nitrogens with two attached hydrogens (primary N) is 1. The number of benzene rings is 2. The third kappa shape index (κ3) is 5.14. The number of hydrogen-bond donors (Lipinski definition) is 1. The van der Waals surface area contributed by atoms with Gasteiger partial charge in [0, 0.05) is 24.7 Å². The van der Waals surface area contributed by atoms with Gasteiger partial charge in [0.25, 0.3) is 17.5 Å². The molecule has 2 aromatic rings. The minimum Gasteiger partial charge on any atom is -0.493 e. The van der Waals surface area contributed by atoms with Gasteiger partial charge in [0.15, 0.2) is 18.1 Å². The SMILES string of the molecule is COc1cc(C(=O)N(C)[C@H](C)c2cccc([N+](=O)[O-])c2)cc(Cl)c1OCC(N)=O. The molecule has 154 valence electrons. The van der Waals surface area contributed by atoms with E-state index in [1.165, 1.54) is 36.3 Å². The lowest BCUT2D eigenvalue weighted by Crippen LogP contribution is -2.29. The fraction of sp³-hybridized carbons (Fsp3) is 0.263. The van der Waals surface area contributed by atoms with Crippen molar-refractivity contribution in [3.05, 3.63) is 62.7 Å². The highest BCUT2D eigenvalue weighted by Gasteiger charge is 2.23. The van der Waals surface area contributed by atoms with Crippen molar-refractivity contribution in [3.63, 3.8) is 0 Å². The van der Waals surface area contributed by atoms with E-state index in [0.717, 1.165) is 0 Å². The van der Waals surface area contributed by atoms with Gasteiger partial charge in [0.1, 0.15) is 0 Å². The number of amides is 2. The van der Waals surface area contributed by atoms with Gasteiger partial charge in [-0.2, -0.15) is 0 Å². The third-order valence-corrected chi connectivity index (χ3v) is 4.58. The number of primary amides is 1. The largest absolute Gasteiger partial charge is 0.493 e. The number of hydrogen-bond acceptors (Lipinski definition) is 6. The molecule has 0 aliphatic carbocycles. The predicted octanol–water partition coefficient (Wildman–Crippen LogP) is 2.95. The number of nitro benzene ring substituents is 1. The first-order valence-corrected chi connectivity index (χ1v) is 8.83. The Kier molecular flexibility index (Phi) is 7.00. The molecule has 0 aliphatic rings. The topological polar surface area (TPSA) is 125 Å². The van der Waals surface area contributed by atoms with Crippen LogP contribution in [0.3, 0.4) is 0 Å². The zero-order valence-electron chi connectivity index (χ0n) is 16.0. The molecule has 2 N–H and O–H groups in total. The molecule has 0 bridgehead atoms. The first kappa shape index (κ1) is 22.0. The number of halogens is 1. The average molecular weight is 422 g/mol. The summed E-state index contributed by atoms with van der Waals surface area (Å²) in [6.45, 7) is 1.35. The summed E-state index contributed by atoms with van der Waals surface area (Å²) in [4.78, 5) is 35.8. The van der Waals surface area contributed by atoms with Gasteiger partial charge in [0.05, 0.1) is 23.1 Å². The Hall–Kier alpha value is -3.33. The molecule has 2 amide bonds. The van der Waals surface area contributed by atoms with Crippen LogP contribution in [0.4, 0.5) is 5.69 Å². The highest BCUT2D eigenvalue weighted by Crippen LogP contribution is 2.37. The molecule has 29 heavy (non-hydrogen) atoms. The van der Waals surface area contributed by atoms with E-state index >= 15 is 0 Å². The summed E-state index contributed by atoms with van der Waals surface area (Å²) in [5.41, 5.74) is 5.83. The van der Waals surface area contributed by atoms with Crippen molar-refractivity contribution < 1.29 is 24.0 Å². The van der Waals surface area contributed by atoms with E-state index < -0.39 is 23.5 Å². The van der Waals surface area contributed by atoms with Crippen molar-refractivity contribution in [2.75, 3.05) is 20.8 Å². The van der Waals surface area contributed by atoms with Crippen LogP contribution in [0.1, 0.15) is 28.9 Å². The summed E-state index contributed by atoms with van der Waals surface area (Å²) in [7, 11) is 2.94. The normalized spacial score (nSPS) is 11.4. The number of nitrogens with zero attached hydrogens (tertiary/aromatic N) is 2. The Bertz CT molecular complexity index is 950. The summed E-state index contributed by atoms with van der Waals surface area (Å²) in [5.74, 6) is -0.808. The zero-order valence-corrected chi connectivity index (χ0v) is 16.8. The van der Waals surface area contributed by atoms with E-state index in [0.29, 0.717) is 5.56 Å². The summed E-state index contributed by atoms with van der Waals surface area (Å²) < 4.78 is 10.5. The highest BCUT2D eigenvalue weighted by molar-refractivity contribution is 6.32. The number of methoxy groups -OCH3 is 1. The maximum absolute atomic E-state index is 12.9. The molecule has 0 spiro atoms.